The maximum atomic E-state index is 10.9. The van der Waals surface area contributed by atoms with Crippen LogP contribution in [0.5, 0.6) is 0 Å². The molecule has 0 bridgehead atoms. The molecule has 1 heterocycles. The lowest BCUT2D eigenvalue weighted by molar-refractivity contribution is -0.140. The summed E-state index contributed by atoms with van der Waals surface area (Å²) in [6, 6.07) is 1.67. The van der Waals surface area contributed by atoms with Crippen LogP contribution in [0.4, 0.5) is 5.82 Å². The summed E-state index contributed by atoms with van der Waals surface area (Å²) in [5, 5.41) is 0.730. The Kier molecular flexibility index (Phi) is 5.71. The first-order valence-corrected chi connectivity index (χ1v) is 5.96. The van der Waals surface area contributed by atoms with Crippen molar-refractivity contribution >= 4 is 23.5 Å². The van der Waals surface area contributed by atoms with Crippen LogP contribution in [-0.2, 0) is 20.9 Å². The van der Waals surface area contributed by atoms with E-state index in [4.69, 9.17) is 10.5 Å². The van der Waals surface area contributed by atoms with Gasteiger partial charge in [0.25, 0.3) is 0 Å². The third kappa shape index (κ3) is 5.01. The Balaban J connectivity index is 2.55. The minimum Gasteiger partial charge on any atom is -0.469 e. The van der Waals surface area contributed by atoms with Crippen LogP contribution >= 0.6 is 11.8 Å². The molecule has 0 aliphatic heterocycles. The Morgan fingerprint density at radius 3 is 2.88 bits per heavy atom. The van der Waals surface area contributed by atoms with Crippen LogP contribution in [0.2, 0.25) is 0 Å². The molecule has 0 fully saturated rings. The van der Waals surface area contributed by atoms with E-state index in [1.165, 1.54) is 18.9 Å². The van der Waals surface area contributed by atoms with Crippen molar-refractivity contribution in [2.24, 2.45) is 0 Å². The fourth-order valence-electron chi connectivity index (χ4n) is 1.10. The number of anilines is 1. The Hall–Kier alpha value is -1.34. The van der Waals surface area contributed by atoms with Gasteiger partial charge in [-0.05, 0) is 0 Å². The van der Waals surface area contributed by atoms with Crippen LogP contribution in [-0.4, -0.2) is 35.9 Å². The molecule has 2 N–H and O–H groups in total. The van der Waals surface area contributed by atoms with E-state index in [9.17, 15) is 4.79 Å². The predicted molar refractivity (Wildman–Crippen MR) is 64.5 cm³/mol. The minimum atomic E-state index is -0.239. The molecule has 0 unspecified atom stereocenters. The van der Waals surface area contributed by atoms with E-state index >= 15 is 0 Å². The first-order chi connectivity index (χ1) is 8.15. The molecule has 0 radical (unpaired) electrons. The van der Waals surface area contributed by atoms with Crippen LogP contribution in [0.15, 0.2) is 11.1 Å². The number of hydrogen-bond donors (Lipinski definition) is 1. The fourth-order valence-corrected chi connectivity index (χ4v) is 1.95. The number of esters is 1. The van der Waals surface area contributed by atoms with E-state index in [1.54, 1.807) is 13.2 Å². The number of nitrogen functional groups attached to an aromatic ring is 1. The molecule has 0 aliphatic rings. The summed E-state index contributed by atoms with van der Waals surface area (Å²) in [5.74, 6) is 1.28. The molecule has 17 heavy (non-hydrogen) atoms. The number of aromatic nitrogens is 2. The molecule has 94 valence electrons. The van der Waals surface area contributed by atoms with Gasteiger partial charge in [0.15, 0.2) is 5.82 Å². The lowest BCUT2D eigenvalue weighted by Crippen LogP contribution is -2.04. The smallest absolute Gasteiger partial charge is 0.306 e. The van der Waals surface area contributed by atoms with Crippen molar-refractivity contribution in [1.82, 2.24) is 9.97 Å². The maximum absolute atomic E-state index is 10.9. The van der Waals surface area contributed by atoms with Gasteiger partial charge in [0.1, 0.15) is 17.5 Å². The standard InChI is InChI=1S/C10H15N3O3S/c1-15-6-8-12-7(11)5-9(13-8)17-4-3-10(14)16-2/h5H,3-4,6H2,1-2H3,(H2,11,12,13). The normalized spacial score (nSPS) is 10.2. The highest BCUT2D eigenvalue weighted by Crippen LogP contribution is 2.18. The summed E-state index contributed by atoms with van der Waals surface area (Å²) in [5.41, 5.74) is 5.64. The van der Waals surface area contributed by atoms with Crippen molar-refractivity contribution in [3.63, 3.8) is 0 Å². The number of hydrogen-bond acceptors (Lipinski definition) is 7. The van der Waals surface area contributed by atoms with Gasteiger partial charge in [0.05, 0.1) is 13.5 Å². The second kappa shape index (κ2) is 7.08. The summed E-state index contributed by atoms with van der Waals surface area (Å²) in [7, 11) is 2.93. The SMILES string of the molecule is COCc1nc(N)cc(SCCC(=O)OC)n1. The molecule has 0 saturated carbocycles. The Morgan fingerprint density at radius 1 is 1.47 bits per heavy atom. The van der Waals surface area contributed by atoms with Crippen molar-refractivity contribution in [2.75, 3.05) is 25.7 Å². The quantitative estimate of drug-likeness (QED) is 0.459. The highest BCUT2D eigenvalue weighted by molar-refractivity contribution is 7.99. The van der Waals surface area contributed by atoms with Gasteiger partial charge in [-0.3, -0.25) is 4.79 Å². The zero-order chi connectivity index (χ0) is 12.7. The van der Waals surface area contributed by atoms with Crippen molar-refractivity contribution in [1.29, 1.82) is 0 Å². The Labute approximate surface area is 104 Å². The van der Waals surface area contributed by atoms with Crippen molar-refractivity contribution in [3.05, 3.63) is 11.9 Å². The molecular weight excluding hydrogens is 242 g/mol. The molecule has 0 atom stereocenters. The molecule has 0 amide bonds. The number of thioether (sulfide) groups is 1. The average molecular weight is 257 g/mol. The summed E-state index contributed by atoms with van der Waals surface area (Å²) >= 11 is 1.43. The number of carbonyl (C=O) groups is 1. The summed E-state index contributed by atoms with van der Waals surface area (Å²) in [6.07, 6.45) is 0.338. The van der Waals surface area contributed by atoms with Gasteiger partial charge in [-0.15, -0.1) is 11.8 Å². The molecule has 1 aromatic heterocycles. The number of nitrogens with zero attached hydrogens (tertiary/aromatic N) is 2. The van der Waals surface area contributed by atoms with E-state index in [-0.39, 0.29) is 5.97 Å². The van der Waals surface area contributed by atoms with Gasteiger partial charge < -0.3 is 15.2 Å². The van der Waals surface area contributed by atoms with E-state index in [0.29, 0.717) is 30.4 Å². The van der Waals surface area contributed by atoms with E-state index < -0.39 is 0 Å². The number of rotatable bonds is 6. The van der Waals surface area contributed by atoms with E-state index in [0.717, 1.165) is 5.03 Å². The third-order valence-corrected chi connectivity index (χ3v) is 2.74. The highest BCUT2D eigenvalue weighted by Gasteiger charge is 2.05. The van der Waals surface area contributed by atoms with Gasteiger partial charge in [-0.1, -0.05) is 0 Å². The number of nitrogens with two attached hydrogens (primary N) is 1. The van der Waals surface area contributed by atoms with Crippen LogP contribution in [0.3, 0.4) is 0 Å². The molecule has 1 rings (SSSR count). The van der Waals surface area contributed by atoms with Gasteiger partial charge in [-0.25, -0.2) is 9.97 Å². The van der Waals surface area contributed by atoms with Gasteiger partial charge in [-0.2, -0.15) is 0 Å². The largest absolute Gasteiger partial charge is 0.469 e. The Bertz CT molecular complexity index is 387. The van der Waals surface area contributed by atoms with Crippen LogP contribution in [0.1, 0.15) is 12.2 Å². The minimum absolute atomic E-state index is 0.239. The number of carbonyl (C=O) groups excluding carboxylic acids is 1. The number of methoxy groups -OCH3 is 2. The lowest BCUT2D eigenvalue weighted by atomic mass is 10.5. The van der Waals surface area contributed by atoms with Crippen LogP contribution in [0, 0.1) is 0 Å². The van der Waals surface area contributed by atoms with Gasteiger partial charge >= 0.3 is 5.97 Å². The molecule has 7 heteroatoms. The predicted octanol–water partition coefficient (Wildman–Crippen LogP) is 0.860. The first kappa shape index (κ1) is 13.7. The summed E-state index contributed by atoms with van der Waals surface area (Å²) in [6.45, 7) is 0.315. The zero-order valence-corrected chi connectivity index (χ0v) is 10.6. The van der Waals surface area contributed by atoms with Crippen LogP contribution in [0.25, 0.3) is 0 Å². The van der Waals surface area contributed by atoms with E-state index in [1.807, 2.05) is 0 Å². The molecule has 6 nitrogen and oxygen atoms in total. The molecule has 0 saturated heterocycles. The summed E-state index contributed by atoms with van der Waals surface area (Å²) in [4.78, 5) is 19.2. The van der Waals surface area contributed by atoms with Gasteiger partial charge in [0.2, 0.25) is 0 Å². The monoisotopic (exact) mass is 257 g/mol. The number of ether oxygens (including phenoxy) is 2. The van der Waals surface area contributed by atoms with Crippen molar-refractivity contribution in [3.8, 4) is 0 Å². The second-order valence-corrected chi connectivity index (χ2v) is 4.27. The molecule has 1 aromatic rings. The fraction of sp³-hybridized carbons (Fsp3) is 0.500. The zero-order valence-electron chi connectivity index (χ0n) is 9.80. The van der Waals surface area contributed by atoms with Crippen LogP contribution < -0.4 is 5.73 Å². The molecule has 0 aromatic carbocycles. The van der Waals surface area contributed by atoms with Crippen molar-refractivity contribution in [2.45, 2.75) is 18.1 Å². The first-order valence-electron chi connectivity index (χ1n) is 4.97. The average Bonchev–Trinajstić information content (AvgIpc) is 2.28. The highest BCUT2D eigenvalue weighted by atomic mass is 32.2. The summed E-state index contributed by atoms with van der Waals surface area (Å²) < 4.78 is 9.48. The van der Waals surface area contributed by atoms with E-state index in [2.05, 4.69) is 14.7 Å². The Morgan fingerprint density at radius 2 is 2.24 bits per heavy atom. The maximum Gasteiger partial charge on any atom is 0.306 e. The molecule has 0 spiro atoms. The van der Waals surface area contributed by atoms with Gasteiger partial charge in [0, 0.05) is 18.9 Å². The molecular formula is C10H15N3O3S. The lowest BCUT2D eigenvalue weighted by Gasteiger charge is -2.04. The third-order valence-electron chi connectivity index (χ3n) is 1.83. The molecule has 0 aliphatic carbocycles. The van der Waals surface area contributed by atoms with Crippen molar-refractivity contribution < 1.29 is 14.3 Å². The topological polar surface area (TPSA) is 87.3 Å². The second-order valence-electron chi connectivity index (χ2n) is 3.15.